The second-order valence-corrected chi connectivity index (χ2v) is 7.92. The normalized spacial score (nSPS) is 19.7. The van der Waals surface area contributed by atoms with Gasteiger partial charge in [0.1, 0.15) is 17.4 Å². The van der Waals surface area contributed by atoms with Crippen LogP contribution in [0.3, 0.4) is 0 Å². The van der Waals surface area contributed by atoms with E-state index in [2.05, 4.69) is 42.1 Å². The average Bonchev–Trinajstić information content (AvgIpc) is 3.32. The fourth-order valence-corrected chi connectivity index (χ4v) is 4.45. The first-order valence-electron chi connectivity index (χ1n) is 10.8. The van der Waals surface area contributed by atoms with Gasteiger partial charge in [-0.15, -0.1) is 10.2 Å². The minimum Gasteiger partial charge on any atom is -0.497 e. The second kappa shape index (κ2) is 9.29. The van der Waals surface area contributed by atoms with E-state index in [9.17, 15) is 0 Å². The molecule has 1 atom stereocenters. The predicted octanol–water partition coefficient (Wildman–Crippen LogP) is 2.62. The molecule has 1 fully saturated rings. The number of aromatic nitrogens is 3. The summed E-state index contributed by atoms with van der Waals surface area (Å²) in [6, 6.07) is 8.46. The van der Waals surface area contributed by atoms with Crippen LogP contribution < -0.4 is 10.1 Å². The third kappa shape index (κ3) is 4.54. The third-order valence-corrected chi connectivity index (χ3v) is 6.10. The van der Waals surface area contributed by atoms with Gasteiger partial charge >= 0.3 is 0 Å². The second-order valence-electron chi connectivity index (χ2n) is 7.92. The molecule has 2 aliphatic heterocycles. The van der Waals surface area contributed by atoms with Crippen LogP contribution >= 0.6 is 0 Å². The van der Waals surface area contributed by atoms with E-state index in [1.165, 1.54) is 24.8 Å². The summed E-state index contributed by atoms with van der Waals surface area (Å²) in [4.78, 5) is 6.88. The highest BCUT2D eigenvalue weighted by atomic mass is 16.5. The Labute approximate surface area is 173 Å². The highest BCUT2D eigenvalue weighted by Gasteiger charge is 2.26. The molecule has 4 rings (SSSR count). The van der Waals surface area contributed by atoms with E-state index >= 15 is 0 Å². The van der Waals surface area contributed by atoms with Crippen LogP contribution in [0.25, 0.3) is 0 Å². The molecule has 0 bridgehead atoms. The molecule has 1 aromatic heterocycles. The molecule has 7 nitrogen and oxygen atoms in total. The van der Waals surface area contributed by atoms with E-state index in [0.717, 1.165) is 68.8 Å². The number of benzene rings is 1. The van der Waals surface area contributed by atoms with Crippen molar-refractivity contribution in [3.63, 3.8) is 0 Å². The van der Waals surface area contributed by atoms with Crippen LogP contribution in [0.5, 0.6) is 5.75 Å². The molecule has 0 saturated carbocycles. The lowest BCUT2D eigenvalue weighted by Gasteiger charge is -2.22. The van der Waals surface area contributed by atoms with Gasteiger partial charge in [0, 0.05) is 52.0 Å². The topological polar surface area (TPSA) is 67.6 Å². The Balaban J connectivity index is 1.30. The summed E-state index contributed by atoms with van der Waals surface area (Å²) in [6.45, 7) is 3.90. The molecule has 0 amide bonds. The third-order valence-electron chi connectivity index (χ3n) is 6.10. The number of hydrogen-bond acceptors (Lipinski definition) is 4. The lowest BCUT2D eigenvalue weighted by molar-refractivity contribution is 0.414. The fourth-order valence-electron chi connectivity index (χ4n) is 4.45. The number of fused-ring (bicyclic) bond motifs is 1. The Hall–Kier alpha value is -2.57. The Morgan fingerprint density at radius 1 is 1.17 bits per heavy atom. The van der Waals surface area contributed by atoms with Crippen molar-refractivity contribution in [3.05, 3.63) is 41.5 Å². The van der Waals surface area contributed by atoms with Gasteiger partial charge in [0.05, 0.1) is 7.11 Å². The lowest BCUT2D eigenvalue weighted by Crippen LogP contribution is -2.41. The summed E-state index contributed by atoms with van der Waals surface area (Å²) >= 11 is 0. The van der Waals surface area contributed by atoms with Crippen LogP contribution in [-0.2, 0) is 19.4 Å². The number of nitrogens with one attached hydrogen (secondary N) is 1. The molecule has 1 aromatic carbocycles. The maximum absolute atomic E-state index is 5.27. The van der Waals surface area contributed by atoms with Gasteiger partial charge < -0.3 is 19.5 Å². The highest BCUT2D eigenvalue weighted by molar-refractivity contribution is 5.80. The smallest absolute Gasteiger partial charge is 0.193 e. The molecule has 2 aromatic rings. The van der Waals surface area contributed by atoms with Crippen LogP contribution in [-0.4, -0.2) is 59.4 Å². The van der Waals surface area contributed by atoms with Crippen molar-refractivity contribution >= 4 is 5.96 Å². The first kappa shape index (κ1) is 19.7. The summed E-state index contributed by atoms with van der Waals surface area (Å²) in [5, 5.41) is 12.4. The maximum atomic E-state index is 5.27. The van der Waals surface area contributed by atoms with Crippen molar-refractivity contribution in [1.82, 2.24) is 25.0 Å². The summed E-state index contributed by atoms with van der Waals surface area (Å²) in [5.74, 6) is 4.68. The molecule has 29 heavy (non-hydrogen) atoms. The summed E-state index contributed by atoms with van der Waals surface area (Å²) in [6.07, 6.45) is 6.83. The number of aliphatic imine (C=N–C) groups is 1. The van der Waals surface area contributed by atoms with Crippen molar-refractivity contribution in [2.45, 2.75) is 51.0 Å². The zero-order valence-corrected chi connectivity index (χ0v) is 17.6. The zero-order valence-electron chi connectivity index (χ0n) is 17.6. The van der Waals surface area contributed by atoms with Crippen molar-refractivity contribution in [2.24, 2.45) is 4.99 Å². The first-order valence-corrected chi connectivity index (χ1v) is 10.8. The molecule has 2 aliphatic rings. The number of rotatable bonds is 5. The molecular formula is C22H32N6O. The number of nitrogens with zero attached hydrogens (tertiary/aromatic N) is 5. The lowest BCUT2D eigenvalue weighted by atomic mass is 9.98. The molecule has 3 heterocycles. The number of hydrogen-bond donors (Lipinski definition) is 1. The van der Waals surface area contributed by atoms with Crippen LogP contribution in [0.15, 0.2) is 29.3 Å². The fraction of sp³-hybridized carbons (Fsp3) is 0.591. The molecule has 156 valence electrons. The summed E-state index contributed by atoms with van der Waals surface area (Å²) in [7, 11) is 3.57. The first-order chi connectivity index (χ1) is 14.3. The molecule has 7 heteroatoms. The van der Waals surface area contributed by atoms with E-state index in [1.54, 1.807) is 7.11 Å². The standard InChI is InChI=1S/C22H32N6O/c1-23-22(24-13-11-21-26-25-20-6-4-3-5-14-28(20)21)27-15-12-18(16-27)17-7-9-19(29-2)10-8-17/h7-10,18H,3-6,11-16H2,1-2H3,(H,23,24). The minimum atomic E-state index is 0.534. The summed E-state index contributed by atoms with van der Waals surface area (Å²) < 4.78 is 7.60. The van der Waals surface area contributed by atoms with Crippen LogP contribution in [0.2, 0.25) is 0 Å². The van der Waals surface area contributed by atoms with Crippen LogP contribution in [0.1, 0.15) is 48.8 Å². The average molecular weight is 397 g/mol. The number of likely N-dealkylation sites (tertiary alicyclic amines) is 1. The van der Waals surface area contributed by atoms with Gasteiger partial charge in [-0.25, -0.2) is 0 Å². The molecule has 0 radical (unpaired) electrons. The van der Waals surface area contributed by atoms with Crippen LogP contribution in [0.4, 0.5) is 0 Å². The Morgan fingerprint density at radius 2 is 2.03 bits per heavy atom. The highest BCUT2D eigenvalue weighted by Crippen LogP contribution is 2.28. The van der Waals surface area contributed by atoms with Crippen LogP contribution in [0, 0.1) is 0 Å². The Bertz CT molecular complexity index is 828. The number of ether oxygens (including phenoxy) is 1. The molecule has 0 spiro atoms. The van der Waals surface area contributed by atoms with Gasteiger partial charge in [0.25, 0.3) is 0 Å². The van der Waals surface area contributed by atoms with Crippen molar-refractivity contribution in [3.8, 4) is 5.75 Å². The van der Waals surface area contributed by atoms with E-state index in [0.29, 0.717) is 5.92 Å². The largest absolute Gasteiger partial charge is 0.497 e. The van der Waals surface area contributed by atoms with Gasteiger partial charge in [0.15, 0.2) is 5.96 Å². The van der Waals surface area contributed by atoms with E-state index in [-0.39, 0.29) is 0 Å². The maximum Gasteiger partial charge on any atom is 0.193 e. The van der Waals surface area contributed by atoms with Crippen molar-refractivity contribution in [2.75, 3.05) is 33.8 Å². The van der Waals surface area contributed by atoms with E-state index in [4.69, 9.17) is 4.74 Å². The van der Waals surface area contributed by atoms with Gasteiger partial charge in [-0.05, 0) is 37.0 Å². The van der Waals surface area contributed by atoms with E-state index < -0.39 is 0 Å². The SMILES string of the molecule is CN=C(NCCc1nnc2n1CCCCC2)N1CCC(c2ccc(OC)cc2)C1. The van der Waals surface area contributed by atoms with Crippen molar-refractivity contribution in [1.29, 1.82) is 0 Å². The molecule has 1 N–H and O–H groups in total. The Morgan fingerprint density at radius 3 is 2.83 bits per heavy atom. The quantitative estimate of drug-likeness (QED) is 0.622. The van der Waals surface area contributed by atoms with Gasteiger partial charge in [-0.3, -0.25) is 4.99 Å². The van der Waals surface area contributed by atoms with Gasteiger partial charge in [0.2, 0.25) is 0 Å². The van der Waals surface area contributed by atoms with Gasteiger partial charge in [-0.1, -0.05) is 18.6 Å². The van der Waals surface area contributed by atoms with Crippen molar-refractivity contribution < 1.29 is 4.74 Å². The summed E-state index contributed by atoms with van der Waals surface area (Å²) in [5.41, 5.74) is 1.37. The predicted molar refractivity (Wildman–Crippen MR) is 115 cm³/mol. The minimum absolute atomic E-state index is 0.534. The molecule has 1 saturated heterocycles. The number of methoxy groups -OCH3 is 1. The van der Waals surface area contributed by atoms with E-state index in [1.807, 2.05) is 19.2 Å². The monoisotopic (exact) mass is 396 g/mol. The number of aryl methyl sites for hydroxylation is 1. The number of guanidine groups is 1. The molecular weight excluding hydrogens is 364 g/mol. The van der Waals surface area contributed by atoms with Gasteiger partial charge in [-0.2, -0.15) is 0 Å². The Kier molecular flexibility index (Phi) is 6.32. The molecule has 0 aliphatic carbocycles. The zero-order chi connectivity index (χ0) is 20.1. The molecule has 1 unspecified atom stereocenters.